The number of ether oxygens (including phenoxy) is 1. The van der Waals surface area contributed by atoms with Crippen LogP contribution in [0, 0.1) is 12.7 Å². The van der Waals surface area contributed by atoms with Gasteiger partial charge in [0, 0.05) is 17.1 Å². The molecule has 0 unspecified atom stereocenters. The number of nitrogens with one attached hydrogen (secondary N) is 1. The number of hydrogen-bond acceptors (Lipinski definition) is 5. The van der Waals surface area contributed by atoms with E-state index in [9.17, 15) is 18.8 Å². The van der Waals surface area contributed by atoms with E-state index < -0.39 is 29.7 Å². The van der Waals surface area contributed by atoms with Crippen molar-refractivity contribution < 1.29 is 23.5 Å². The van der Waals surface area contributed by atoms with E-state index in [-0.39, 0.29) is 18.7 Å². The average molecular weight is 482 g/mol. The van der Waals surface area contributed by atoms with Crippen LogP contribution >= 0.6 is 11.3 Å². The molecular formula is C25H24FN3O4S. The SMILES string of the molecule is COc1ccc(NC(=O)C[C@@H]2C(=O)N(c3ccc(F)cc3)C(=O)N2CCc2sccc2C)cc1. The molecular weight excluding hydrogens is 457 g/mol. The number of carbonyl (C=O) groups excluding carboxylic acids is 3. The van der Waals surface area contributed by atoms with Crippen molar-refractivity contribution in [2.45, 2.75) is 25.8 Å². The molecule has 9 heteroatoms. The molecule has 1 aliphatic rings. The number of imide groups is 1. The summed E-state index contributed by atoms with van der Waals surface area (Å²) in [4.78, 5) is 42.9. The van der Waals surface area contributed by atoms with Crippen LogP contribution in [0.4, 0.5) is 20.6 Å². The van der Waals surface area contributed by atoms with Gasteiger partial charge in [-0.3, -0.25) is 9.59 Å². The van der Waals surface area contributed by atoms with Gasteiger partial charge in [0.05, 0.1) is 19.2 Å². The summed E-state index contributed by atoms with van der Waals surface area (Å²) in [6.45, 7) is 2.28. The summed E-state index contributed by atoms with van der Waals surface area (Å²) in [5, 5.41) is 4.74. The molecule has 7 nitrogen and oxygen atoms in total. The van der Waals surface area contributed by atoms with Crippen molar-refractivity contribution in [3.63, 3.8) is 0 Å². The highest BCUT2D eigenvalue weighted by Gasteiger charge is 2.46. The van der Waals surface area contributed by atoms with Gasteiger partial charge < -0.3 is 15.0 Å². The summed E-state index contributed by atoms with van der Waals surface area (Å²) in [7, 11) is 1.55. The molecule has 0 radical (unpaired) electrons. The molecule has 0 saturated carbocycles. The van der Waals surface area contributed by atoms with Gasteiger partial charge in [0.2, 0.25) is 5.91 Å². The summed E-state index contributed by atoms with van der Waals surface area (Å²) in [5.74, 6) is -0.721. The van der Waals surface area contributed by atoms with Crippen molar-refractivity contribution in [2.24, 2.45) is 0 Å². The van der Waals surface area contributed by atoms with E-state index >= 15 is 0 Å². The number of thiophene rings is 1. The van der Waals surface area contributed by atoms with E-state index in [2.05, 4.69) is 5.32 Å². The fourth-order valence-corrected chi connectivity index (χ4v) is 4.76. The molecule has 1 fully saturated rings. The van der Waals surface area contributed by atoms with Crippen molar-refractivity contribution in [3.05, 3.63) is 76.2 Å². The minimum Gasteiger partial charge on any atom is -0.497 e. The molecule has 34 heavy (non-hydrogen) atoms. The zero-order valence-corrected chi connectivity index (χ0v) is 19.6. The average Bonchev–Trinajstić information content (AvgIpc) is 3.33. The predicted molar refractivity (Wildman–Crippen MR) is 129 cm³/mol. The summed E-state index contributed by atoms with van der Waals surface area (Å²) < 4.78 is 18.5. The maximum Gasteiger partial charge on any atom is 0.332 e. The zero-order valence-electron chi connectivity index (χ0n) is 18.8. The largest absolute Gasteiger partial charge is 0.497 e. The summed E-state index contributed by atoms with van der Waals surface area (Å²) in [6, 6.07) is 12.5. The molecule has 176 valence electrons. The van der Waals surface area contributed by atoms with Gasteiger partial charge in [0.15, 0.2) is 0 Å². The number of aryl methyl sites for hydroxylation is 1. The van der Waals surface area contributed by atoms with Gasteiger partial charge in [-0.05, 0) is 78.9 Å². The highest BCUT2D eigenvalue weighted by molar-refractivity contribution is 7.10. The Labute approximate surface area is 200 Å². The molecule has 0 bridgehead atoms. The number of nitrogens with zero attached hydrogens (tertiary/aromatic N) is 2. The third kappa shape index (κ3) is 4.94. The third-order valence-corrected chi connectivity index (χ3v) is 6.79. The highest BCUT2D eigenvalue weighted by Crippen LogP contribution is 2.28. The number of carbonyl (C=O) groups is 3. The van der Waals surface area contributed by atoms with Gasteiger partial charge in [-0.25, -0.2) is 14.1 Å². The molecule has 3 aromatic rings. The summed E-state index contributed by atoms with van der Waals surface area (Å²) >= 11 is 1.59. The number of urea groups is 1. The van der Waals surface area contributed by atoms with E-state index in [1.54, 1.807) is 42.7 Å². The lowest BCUT2D eigenvalue weighted by molar-refractivity contribution is -0.124. The Morgan fingerprint density at radius 2 is 1.79 bits per heavy atom. The van der Waals surface area contributed by atoms with Crippen LogP contribution in [0.2, 0.25) is 0 Å². The molecule has 1 atom stereocenters. The summed E-state index contributed by atoms with van der Waals surface area (Å²) in [6.07, 6.45) is 0.369. The maximum absolute atomic E-state index is 13.4. The van der Waals surface area contributed by atoms with Gasteiger partial charge in [-0.15, -0.1) is 11.3 Å². The molecule has 0 aliphatic carbocycles. The van der Waals surface area contributed by atoms with Gasteiger partial charge in [-0.1, -0.05) is 0 Å². The minimum atomic E-state index is -0.962. The second-order valence-electron chi connectivity index (χ2n) is 7.90. The normalized spacial score (nSPS) is 15.7. The van der Waals surface area contributed by atoms with Crippen molar-refractivity contribution in [3.8, 4) is 5.75 Å². The lowest BCUT2D eigenvalue weighted by atomic mass is 10.1. The molecule has 2 heterocycles. The number of rotatable bonds is 8. The van der Waals surface area contributed by atoms with Crippen molar-refractivity contribution in [2.75, 3.05) is 23.9 Å². The van der Waals surface area contributed by atoms with Crippen molar-refractivity contribution in [1.29, 1.82) is 0 Å². The van der Waals surface area contributed by atoms with Gasteiger partial charge in [0.1, 0.15) is 17.6 Å². The number of benzene rings is 2. The Bertz CT molecular complexity index is 1190. The molecule has 1 saturated heterocycles. The minimum absolute atomic E-state index is 0.197. The molecule has 4 amide bonds. The smallest absolute Gasteiger partial charge is 0.332 e. The Hall–Kier alpha value is -3.72. The fourth-order valence-electron chi connectivity index (χ4n) is 3.86. The monoisotopic (exact) mass is 481 g/mol. The first-order valence-electron chi connectivity index (χ1n) is 10.7. The zero-order chi connectivity index (χ0) is 24.2. The van der Waals surface area contributed by atoms with Crippen LogP contribution in [0.1, 0.15) is 16.9 Å². The molecule has 1 aliphatic heterocycles. The van der Waals surface area contributed by atoms with Crippen LogP contribution in [-0.2, 0) is 16.0 Å². The first kappa shape index (κ1) is 23.4. The van der Waals surface area contributed by atoms with E-state index in [1.165, 1.54) is 29.2 Å². The lowest BCUT2D eigenvalue weighted by Gasteiger charge is -2.21. The topological polar surface area (TPSA) is 79.0 Å². The molecule has 1 N–H and O–H groups in total. The summed E-state index contributed by atoms with van der Waals surface area (Å²) in [5.41, 5.74) is 1.94. The Morgan fingerprint density at radius 3 is 2.41 bits per heavy atom. The maximum atomic E-state index is 13.4. The highest BCUT2D eigenvalue weighted by atomic mass is 32.1. The quantitative estimate of drug-likeness (QED) is 0.477. The Morgan fingerprint density at radius 1 is 1.09 bits per heavy atom. The van der Waals surface area contributed by atoms with E-state index in [0.717, 1.165) is 15.3 Å². The van der Waals surface area contributed by atoms with E-state index in [1.807, 2.05) is 18.4 Å². The van der Waals surface area contributed by atoms with Gasteiger partial charge in [-0.2, -0.15) is 0 Å². The van der Waals surface area contributed by atoms with Crippen LogP contribution in [0.5, 0.6) is 5.75 Å². The predicted octanol–water partition coefficient (Wildman–Crippen LogP) is 4.61. The lowest BCUT2D eigenvalue weighted by Crippen LogP contribution is -2.39. The number of amides is 4. The second-order valence-corrected chi connectivity index (χ2v) is 8.90. The molecule has 0 spiro atoms. The van der Waals surface area contributed by atoms with Gasteiger partial charge in [0.25, 0.3) is 5.91 Å². The number of anilines is 2. The first-order chi connectivity index (χ1) is 16.4. The standard InChI is InChI=1S/C25H24FN3O4S/c1-16-12-14-34-22(16)11-13-28-21(15-23(30)27-18-5-9-20(33-2)10-6-18)24(31)29(25(28)32)19-7-3-17(26)4-8-19/h3-10,12,14,21H,11,13,15H2,1-2H3,(H,27,30)/t21-/m1/s1. The number of hydrogen-bond donors (Lipinski definition) is 1. The molecule has 2 aromatic carbocycles. The number of methoxy groups -OCH3 is 1. The van der Waals surface area contributed by atoms with E-state index in [0.29, 0.717) is 17.9 Å². The van der Waals surface area contributed by atoms with Gasteiger partial charge >= 0.3 is 6.03 Å². The van der Waals surface area contributed by atoms with E-state index in [4.69, 9.17) is 4.74 Å². The van der Waals surface area contributed by atoms with Crippen molar-refractivity contribution in [1.82, 2.24) is 4.90 Å². The van der Waals surface area contributed by atoms with Crippen LogP contribution < -0.4 is 15.0 Å². The number of halogens is 1. The van der Waals surface area contributed by atoms with Crippen molar-refractivity contribution >= 4 is 40.6 Å². The Kier molecular flexibility index (Phi) is 6.93. The van der Waals surface area contributed by atoms with Crippen LogP contribution in [0.15, 0.2) is 60.0 Å². The molecule has 4 rings (SSSR count). The third-order valence-electron chi connectivity index (χ3n) is 5.70. The first-order valence-corrected chi connectivity index (χ1v) is 11.6. The molecule has 1 aromatic heterocycles. The second kappa shape index (κ2) is 10.0. The van der Waals surface area contributed by atoms with Crippen LogP contribution in [-0.4, -0.2) is 42.4 Å². The van der Waals surface area contributed by atoms with Crippen LogP contribution in [0.3, 0.4) is 0 Å². The fraction of sp³-hybridized carbons (Fsp3) is 0.240. The Balaban J connectivity index is 1.54. The van der Waals surface area contributed by atoms with Crippen LogP contribution in [0.25, 0.3) is 0 Å².